The highest BCUT2D eigenvalue weighted by Gasteiger charge is 2.18. The molecule has 0 aromatic heterocycles. The molecule has 2 unspecified atom stereocenters. The zero-order chi connectivity index (χ0) is 47.2. The van der Waals surface area contributed by atoms with Crippen molar-refractivity contribution in [2.24, 2.45) is 0 Å². The first-order valence-corrected chi connectivity index (χ1v) is 28.8. The SMILES string of the molecule is CCCCC/C=C\CCCCCCCC(=O)OCCCCCC/C=C\CCCCCCCCCC(=O)NC(CO)C(O)/C=C/CCCCCCCCCCCCCCCCCCCCC. The van der Waals surface area contributed by atoms with Gasteiger partial charge in [0.2, 0.25) is 5.91 Å². The molecule has 0 heterocycles. The standard InChI is InChI=1S/C59H111NO5/c1-3-5-7-9-11-13-15-17-18-19-20-21-22-23-25-28-31-35-39-43-47-51-57(62)56(55-61)60-58(63)52-48-44-40-36-32-29-26-24-27-30-34-38-42-46-50-54-65-59(64)53-49-45-41-37-33-16-14-12-10-8-6-4-2/h12,14,27,30,47,51,56-57,61-62H,3-11,13,15-26,28-29,31-46,48-50,52-55H2,1-2H3,(H,60,63)/b14-12-,30-27-,51-47+. The molecular formula is C59H111NO5. The fourth-order valence-corrected chi connectivity index (χ4v) is 8.68. The first kappa shape index (κ1) is 63.1. The van der Waals surface area contributed by atoms with Crippen LogP contribution in [0, 0.1) is 0 Å². The summed E-state index contributed by atoms with van der Waals surface area (Å²) in [5, 5.41) is 23.2. The number of amides is 1. The van der Waals surface area contributed by atoms with Crippen LogP contribution in [0.4, 0.5) is 0 Å². The first-order valence-electron chi connectivity index (χ1n) is 28.8. The van der Waals surface area contributed by atoms with Gasteiger partial charge < -0.3 is 20.3 Å². The number of unbranched alkanes of at least 4 members (excludes halogenated alkanes) is 38. The summed E-state index contributed by atoms with van der Waals surface area (Å²) in [6.45, 7) is 4.85. The van der Waals surface area contributed by atoms with Gasteiger partial charge in [-0.15, -0.1) is 0 Å². The molecule has 382 valence electrons. The first-order chi connectivity index (χ1) is 32.0. The largest absolute Gasteiger partial charge is 0.466 e. The molecule has 0 rings (SSSR count). The molecule has 0 aliphatic rings. The van der Waals surface area contributed by atoms with E-state index in [1.807, 2.05) is 6.08 Å². The highest BCUT2D eigenvalue weighted by atomic mass is 16.5. The van der Waals surface area contributed by atoms with Gasteiger partial charge in [-0.05, 0) is 83.5 Å². The molecule has 0 aliphatic carbocycles. The zero-order valence-electron chi connectivity index (χ0n) is 43.5. The number of ether oxygens (including phenoxy) is 1. The van der Waals surface area contributed by atoms with Gasteiger partial charge in [-0.3, -0.25) is 9.59 Å². The van der Waals surface area contributed by atoms with E-state index in [9.17, 15) is 19.8 Å². The van der Waals surface area contributed by atoms with Gasteiger partial charge in [0.1, 0.15) is 0 Å². The molecule has 3 N–H and O–H groups in total. The highest BCUT2D eigenvalue weighted by Crippen LogP contribution is 2.16. The maximum atomic E-state index is 12.5. The third-order valence-corrected chi connectivity index (χ3v) is 13.1. The quantitative estimate of drug-likeness (QED) is 0.0321. The lowest BCUT2D eigenvalue weighted by molar-refractivity contribution is -0.143. The minimum Gasteiger partial charge on any atom is -0.466 e. The van der Waals surface area contributed by atoms with Crippen molar-refractivity contribution >= 4 is 11.9 Å². The van der Waals surface area contributed by atoms with Crippen LogP contribution in [0.2, 0.25) is 0 Å². The van der Waals surface area contributed by atoms with Crippen molar-refractivity contribution in [3.63, 3.8) is 0 Å². The van der Waals surface area contributed by atoms with E-state index in [0.29, 0.717) is 19.4 Å². The third kappa shape index (κ3) is 51.3. The summed E-state index contributed by atoms with van der Waals surface area (Å²) in [7, 11) is 0. The minimum absolute atomic E-state index is 0.0213. The zero-order valence-corrected chi connectivity index (χ0v) is 43.5. The summed E-state index contributed by atoms with van der Waals surface area (Å²) >= 11 is 0. The normalized spacial score (nSPS) is 12.9. The highest BCUT2D eigenvalue weighted by molar-refractivity contribution is 5.76. The molecule has 0 radical (unpaired) electrons. The van der Waals surface area contributed by atoms with Crippen LogP contribution in [0.15, 0.2) is 36.5 Å². The van der Waals surface area contributed by atoms with E-state index in [-0.39, 0.29) is 18.5 Å². The van der Waals surface area contributed by atoms with Gasteiger partial charge >= 0.3 is 5.97 Å². The van der Waals surface area contributed by atoms with Gasteiger partial charge in [-0.1, -0.05) is 243 Å². The number of rotatable bonds is 53. The Labute approximate surface area is 404 Å². The van der Waals surface area contributed by atoms with Crippen molar-refractivity contribution in [3.05, 3.63) is 36.5 Å². The molecule has 0 aliphatic heterocycles. The molecule has 2 atom stereocenters. The number of carbonyl (C=O) groups excluding carboxylic acids is 2. The second-order valence-electron chi connectivity index (χ2n) is 19.6. The molecule has 6 heteroatoms. The van der Waals surface area contributed by atoms with Crippen LogP contribution in [0.3, 0.4) is 0 Å². The fourth-order valence-electron chi connectivity index (χ4n) is 8.68. The van der Waals surface area contributed by atoms with Crippen LogP contribution in [0.1, 0.15) is 303 Å². The number of aliphatic hydroxyl groups excluding tert-OH is 2. The summed E-state index contributed by atoms with van der Waals surface area (Å²) in [5.74, 6) is -0.103. The Morgan fingerprint density at radius 2 is 0.723 bits per heavy atom. The van der Waals surface area contributed by atoms with Crippen LogP contribution in [0.5, 0.6) is 0 Å². The Morgan fingerprint density at radius 3 is 1.12 bits per heavy atom. The predicted molar refractivity (Wildman–Crippen MR) is 283 cm³/mol. The van der Waals surface area contributed by atoms with E-state index in [1.54, 1.807) is 6.08 Å². The lowest BCUT2D eigenvalue weighted by atomic mass is 10.0. The number of hydrogen-bond acceptors (Lipinski definition) is 5. The van der Waals surface area contributed by atoms with Crippen molar-refractivity contribution in [2.75, 3.05) is 13.2 Å². The third-order valence-electron chi connectivity index (χ3n) is 13.1. The van der Waals surface area contributed by atoms with Crippen LogP contribution in [-0.4, -0.2) is 47.4 Å². The molecule has 0 bridgehead atoms. The van der Waals surface area contributed by atoms with Crippen LogP contribution < -0.4 is 5.32 Å². The van der Waals surface area contributed by atoms with Crippen molar-refractivity contribution in [3.8, 4) is 0 Å². The molecule has 6 nitrogen and oxygen atoms in total. The number of nitrogens with one attached hydrogen (secondary N) is 1. The average molecular weight is 915 g/mol. The van der Waals surface area contributed by atoms with Gasteiger partial charge in [0.05, 0.1) is 25.4 Å². The monoisotopic (exact) mass is 914 g/mol. The molecule has 0 aromatic rings. The maximum absolute atomic E-state index is 12.5. The van der Waals surface area contributed by atoms with E-state index in [1.165, 1.54) is 205 Å². The van der Waals surface area contributed by atoms with Gasteiger partial charge in [-0.2, -0.15) is 0 Å². The lowest BCUT2D eigenvalue weighted by Crippen LogP contribution is -2.45. The van der Waals surface area contributed by atoms with Crippen LogP contribution >= 0.6 is 0 Å². The van der Waals surface area contributed by atoms with Gasteiger partial charge in [0.25, 0.3) is 0 Å². The van der Waals surface area contributed by atoms with Crippen molar-refractivity contribution < 1.29 is 24.5 Å². The fraction of sp³-hybridized carbons (Fsp3) is 0.864. The van der Waals surface area contributed by atoms with Gasteiger partial charge in [-0.25, -0.2) is 0 Å². The molecule has 0 saturated carbocycles. The minimum atomic E-state index is -0.856. The topological polar surface area (TPSA) is 95.9 Å². The Balaban J connectivity index is 3.52. The maximum Gasteiger partial charge on any atom is 0.305 e. The molecule has 0 fully saturated rings. The van der Waals surface area contributed by atoms with Gasteiger partial charge in [0, 0.05) is 12.8 Å². The lowest BCUT2D eigenvalue weighted by Gasteiger charge is -2.20. The summed E-state index contributed by atoms with van der Waals surface area (Å²) in [6.07, 6.45) is 67.3. The summed E-state index contributed by atoms with van der Waals surface area (Å²) in [4.78, 5) is 24.5. The molecule has 1 amide bonds. The molecular weight excluding hydrogens is 803 g/mol. The summed E-state index contributed by atoms with van der Waals surface area (Å²) in [5.41, 5.74) is 0. The number of esters is 1. The number of carbonyl (C=O) groups is 2. The van der Waals surface area contributed by atoms with E-state index in [4.69, 9.17) is 4.74 Å². The van der Waals surface area contributed by atoms with Crippen molar-refractivity contribution in [2.45, 2.75) is 315 Å². The van der Waals surface area contributed by atoms with E-state index in [2.05, 4.69) is 43.5 Å². The second-order valence-corrected chi connectivity index (χ2v) is 19.6. The van der Waals surface area contributed by atoms with E-state index >= 15 is 0 Å². The Bertz CT molecular complexity index is 1060. The Hall–Kier alpha value is -1.92. The van der Waals surface area contributed by atoms with Crippen LogP contribution in [0.25, 0.3) is 0 Å². The molecule has 0 spiro atoms. The second kappa shape index (κ2) is 54.7. The van der Waals surface area contributed by atoms with Crippen LogP contribution in [-0.2, 0) is 14.3 Å². The summed E-state index contributed by atoms with van der Waals surface area (Å²) < 4.78 is 5.44. The number of aliphatic hydroxyl groups is 2. The number of allylic oxidation sites excluding steroid dienone is 5. The predicted octanol–water partition coefficient (Wildman–Crippen LogP) is 17.6. The summed E-state index contributed by atoms with van der Waals surface area (Å²) in [6, 6.07) is -0.640. The van der Waals surface area contributed by atoms with E-state index in [0.717, 1.165) is 70.6 Å². The molecule has 0 aromatic carbocycles. The molecule has 0 saturated heterocycles. The Kier molecular flexibility index (Phi) is 53.1. The van der Waals surface area contributed by atoms with E-state index < -0.39 is 12.1 Å². The molecule has 65 heavy (non-hydrogen) atoms. The smallest absolute Gasteiger partial charge is 0.305 e. The van der Waals surface area contributed by atoms with Crippen molar-refractivity contribution in [1.29, 1.82) is 0 Å². The Morgan fingerprint density at radius 1 is 0.415 bits per heavy atom. The number of hydrogen-bond donors (Lipinski definition) is 3. The van der Waals surface area contributed by atoms with Crippen molar-refractivity contribution in [1.82, 2.24) is 5.32 Å². The van der Waals surface area contributed by atoms with Gasteiger partial charge in [0.15, 0.2) is 0 Å². The average Bonchev–Trinajstić information content (AvgIpc) is 3.31.